The molecule has 0 atom stereocenters. The van der Waals surface area contributed by atoms with Crippen molar-refractivity contribution >= 4 is 35.2 Å². The summed E-state index contributed by atoms with van der Waals surface area (Å²) in [5, 5.41) is 6.14. The van der Waals surface area contributed by atoms with Crippen LogP contribution in [0.1, 0.15) is 43.0 Å². The third-order valence-corrected chi connectivity index (χ3v) is 3.61. The number of hydrogen-bond donors (Lipinski definition) is 2. The first-order valence-electron chi connectivity index (χ1n) is 8.59. The van der Waals surface area contributed by atoms with Gasteiger partial charge in [-0.1, -0.05) is 13.3 Å². The molecule has 2 amide bonds. The quantitative estimate of drug-likeness (QED) is 0.523. The molecule has 0 spiro atoms. The summed E-state index contributed by atoms with van der Waals surface area (Å²) in [6.45, 7) is 1.88. The molecule has 0 aromatic heterocycles. The summed E-state index contributed by atoms with van der Waals surface area (Å²) in [6, 6.07) is 6.18. The number of ether oxygens (including phenoxy) is 2. The second-order valence-electron chi connectivity index (χ2n) is 5.78. The van der Waals surface area contributed by atoms with Gasteiger partial charge in [-0.15, -0.1) is 0 Å². The Morgan fingerprint density at radius 3 is 2.48 bits per heavy atom. The minimum atomic E-state index is -0.754. The maximum Gasteiger partial charge on any atom is 0.355 e. The first-order valence-corrected chi connectivity index (χ1v) is 8.59. The van der Waals surface area contributed by atoms with E-state index in [-0.39, 0.29) is 24.5 Å². The molecule has 27 heavy (non-hydrogen) atoms. The number of nitrogens with zero attached hydrogens (tertiary/aromatic N) is 1. The molecule has 144 valence electrons. The molecule has 1 aliphatic heterocycles. The molecule has 0 aliphatic carbocycles. The largest absolute Gasteiger partial charge is 0.462 e. The second kappa shape index (κ2) is 10.0. The normalized spacial score (nSPS) is 13.2. The van der Waals surface area contributed by atoms with Gasteiger partial charge in [0.15, 0.2) is 6.61 Å². The minimum absolute atomic E-state index is 0.0633. The smallest absolute Gasteiger partial charge is 0.355 e. The topological polar surface area (TPSA) is 123 Å². The molecule has 1 aromatic carbocycles. The summed E-state index contributed by atoms with van der Waals surface area (Å²) >= 11 is 0. The molecule has 1 heterocycles. The van der Waals surface area contributed by atoms with Crippen molar-refractivity contribution in [3.63, 3.8) is 0 Å². The van der Waals surface area contributed by atoms with E-state index in [1.54, 1.807) is 12.1 Å². The van der Waals surface area contributed by atoms with Gasteiger partial charge in [0.25, 0.3) is 5.91 Å². The van der Waals surface area contributed by atoms with Gasteiger partial charge in [-0.2, -0.15) is 5.10 Å². The molecule has 9 nitrogen and oxygen atoms in total. The molecule has 0 bridgehead atoms. The van der Waals surface area contributed by atoms with Gasteiger partial charge in [-0.3, -0.25) is 9.59 Å². The Labute approximate surface area is 156 Å². The molecular formula is C18H21N3O6. The number of nitrogens with one attached hydrogen (secondary N) is 2. The van der Waals surface area contributed by atoms with Crippen molar-refractivity contribution in [2.24, 2.45) is 5.10 Å². The molecule has 0 radical (unpaired) electrons. The molecule has 2 rings (SSSR count). The van der Waals surface area contributed by atoms with Gasteiger partial charge in [0.05, 0.1) is 12.2 Å². The lowest BCUT2D eigenvalue weighted by Gasteiger charge is -2.11. The van der Waals surface area contributed by atoms with Gasteiger partial charge in [0.2, 0.25) is 5.91 Å². The van der Waals surface area contributed by atoms with Gasteiger partial charge in [-0.05, 0) is 30.7 Å². The van der Waals surface area contributed by atoms with Crippen LogP contribution in [0, 0.1) is 0 Å². The maximum atomic E-state index is 11.9. The Hall–Kier alpha value is -3.23. The molecule has 9 heteroatoms. The Morgan fingerprint density at radius 2 is 1.85 bits per heavy atom. The molecule has 0 unspecified atom stereocenters. The van der Waals surface area contributed by atoms with E-state index in [0.717, 1.165) is 12.8 Å². The average molecular weight is 375 g/mol. The molecule has 1 aliphatic rings. The van der Waals surface area contributed by atoms with Crippen LogP contribution in [-0.4, -0.2) is 42.7 Å². The Kier molecular flexibility index (Phi) is 7.48. The number of amides is 2. The van der Waals surface area contributed by atoms with Crippen molar-refractivity contribution in [2.75, 3.05) is 18.5 Å². The lowest BCUT2D eigenvalue weighted by Crippen LogP contribution is -2.32. The number of benzene rings is 1. The number of anilines is 1. The Bertz CT molecular complexity index is 742. The van der Waals surface area contributed by atoms with Crippen molar-refractivity contribution in [3.8, 4) is 0 Å². The van der Waals surface area contributed by atoms with E-state index < -0.39 is 24.5 Å². The lowest BCUT2D eigenvalue weighted by molar-refractivity contribution is -0.140. The third kappa shape index (κ3) is 6.53. The summed E-state index contributed by atoms with van der Waals surface area (Å²) in [5.74, 6) is -1.99. The van der Waals surface area contributed by atoms with Crippen LogP contribution in [0.2, 0.25) is 0 Å². The van der Waals surface area contributed by atoms with Crippen LogP contribution in [0.4, 0.5) is 5.69 Å². The Morgan fingerprint density at radius 1 is 1.11 bits per heavy atom. The number of carbonyl (C=O) groups excluding carboxylic acids is 4. The fourth-order valence-corrected chi connectivity index (χ4v) is 2.11. The van der Waals surface area contributed by atoms with E-state index in [9.17, 15) is 19.2 Å². The minimum Gasteiger partial charge on any atom is -0.462 e. The lowest BCUT2D eigenvalue weighted by atomic mass is 10.2. The van der Waals surface area contributed by atoms with Crippen molar-refractivity contribution in [2.45, 2.75) is 32.6 Å². The molecule has 0 fully saturated rings. The van der Waals surface area contributed by atoms with E-state index in [4.69, 9.17) is 9.47 Å². The van der Waals surface area contributed by atoms with E-state index in [1.807, 2.05) is 6.92 Å². The highest BCUT2D eigenvalue weighted by atomic mass is 16.5. The van der Waals surface area contributed by atoms with Crippen molar-refractivity contribution in [3.05, 3.63) is 29.8 Å². The van der Waals surface area contributed by atoms with Crippen LogP contribution in [0.15, 0.2) is 29.4 Å². The van der Waals surface area contributed by atoms with Crippen LogP contribution in [0.25, 0.3) is 0 Å². The van der Waals surface area contributed by atoms with Crippen molar-refractivity contribution in [1.29, 1.82) is 0 Å². The standard InChI is InChI=1S/C18H21N3O6/c1-2-3-10-26-17(24)12-4-6-13(7-5-12)19-16(23)11-27-18(25)14-8-9-15(22)21-20-14/h4-7H,2-3,8-11H2,1H3,(H,19,23)(H,21,22). The Balaban J connectivity index is 1.77. The van der Waals surface area contributed by atoms with Crippen molar-refractivity contribution < 1.29 is 28.7 Å². The summed E-state index contributed by atoms with van der Waals surface area (Å²) in [6.07, 6.45) is 2.05. The predicted molar refractivity (Wildman–Crippen MR) is 96.0 cm³/mol. The number of carbonyl (C=O) groups is 4. The highest BCUT2D eigenvalue weighted by Gasteiger charge is 2.20. The van der Waals surface area contributed by atoms with Crippen molar-refractivity contribution in [1.82, 2.24) is 5.43 Å². The zero-order valence-electron chi connectivity index (χ0n) is 14.9. The van der Waals surface area contributed by atoms with Crippen LogP contribution in [-0.2, 0) is 23.9 Å². The van der Waals surface area contributed by atoms with E-state index in [2.05, 4.69) is 15.8 Å². The first-order chi connectivity index (χ1) is 13.0. The molecule has 1 aromatic rings. The zero-order chi connectivity index (χ0) is 19.6. The number of rotatable bonds is 8. The molecule has 2 N–H and O–H groups in total. The van der Waals surface area contributed by atoms with E-state index in [0.29, 0.717) is 17.9 Å². The molecule has 0 saturated heterocycles. The number of hydrazone groups is 1. The monoisotopic (exact) mass is 375 g/mol. The van der Waals surface area contributed by atoms with Crippen LogP contribution >= 0.6 is 0 Å². The fraction of sp³-hybridized carbons (Fsp3) is 0.389. The van der Waals surface area contributed by atoms with E-state index >= 15 is 0 Å². The first kappa shape index (κ1) is 20.1. The van der Waals surface area contributed by atoms with E-state index in [1.165, 1.54) is 12.1 Å². The van der Waals surface area contributed by atoms with Gasteiger partial charge in [0.1, 0.15) is 5.71 Å². The highest BCUT2D eigenvalue weighted by molar-refractivity contribution is 6.37. The van der Waals surface area contributed by atoms with Gasteiger partial charge in [0, 0.05) is 18.5 Å². The molecule has 0 saturated carbocycles. The SMILES string of the molecule is CCCCOC(=O)c1ccc(NC(=O)COC(=O)C2=NNC(=O)CC2)cc1. The van der Waals surface area contributed by atoms with Crippen LogP contribution < -0.4 is 10.7 Å². The third-order valence-electron chi connectivity index (χ3n) is 3.61. The fourth-order valence-electron chi connectivity index (χ4n) is 2.11. The molecular weight excluding hydrogens is 354 g/mol. The zero-order valence-corrected chi connectivity index (χ0v) is 14.9. The number of unbranched alkanes of at least 4 members (excludes halogenated alkanes) is 1. The van der Waals surface area contributed by atoms with Crippen LogP contribution in [0.5, 0.6) is 0 Å². The number of esters is 2. The average Bonchev–Trinajstić information content (AvgIpc) is 2.67. The summed E-state index contributed by atoms with van der Waals surface area (Å²) in [5.41, 5.74) is 3.07. The van der Waals surface area contributed by atoms with Gasteiger partial charge >= 0.3 is 11.9 Å². The summed E-state index contributed by atoms with van der Waals surface area (Å²) in [4.78, 5) is 46.4. The second-order valence-corrected chi connectivity index (χ2v) is 5.78. The highest BCUT2D eigenvalue weighted by Crippen LogP contribution is 2.11. The van der Waals surface area contributed by atoms with Gasteiger partial charge < -0.3 is 14.8 Å². The van der Waals surface area contributed by atoms with Gasteiger partial charge in [-0.25, -0.2) is 15.0 Å². The summed E-state index contributed by atoms with van der Waals surface area (Å²) < 4.78 is 9.96. The number of hydrogen-bond acceptors (Lipinski definition) is 7. The predicted octanol–water partition coefficient (Wildman–Crippen LogP) is 1.39. The maximum absolute atomic E-state index is 11.9. The summed E-state index contributed by atoms with van der Waals surface area (Å²) in [7, 11) is 0. The van der Waals surface area contributed by atoms with Crippen LogP contribution in [0.3, 0.4) is 0 Å².